The molecule has 3 rings (SSSR count). The Kier molecular flexibility index (Phi) is 7.33. The van der Waals surface area contributed by atoms with Crippen LogP contribution in [-0.4, -0.2) is 63.1 Å². The maximum atomic E-state index is 12.4. The fourth-order valence-electron chi connectivity index (χ4n) is 3.29. The van der Waals surface area contributed by atoms with Crippen molar-refractivity contribution in [1.29, 1.82) is 0 Å². The van der Waals surface area contributed by atoms with Crippen LogP contribution in [0.5, 0.6) is 5.75 Å². The number of piperazine rings is 1. The van der Waals surface area contributed by atoms with Crippen LogP contribution in [0.15, 0.2) is 59.6 Å². The number of guanidine groups is 1. The summed E-state index contributed by atoms with van der Waals surface area (Å²) in [6.07, 6.45) is 0.815. The van der Waals surface area contributed by atoms with Crippen LogP contribution in [-0.2, 0) is 11.2 Å². The molecule has 0 aliphatic carbocycles. The van der Waals surface area contributed by atoms with E-state index in [0.717, 1.165) is 25.3 Å². The minimum atomic E-state index is 0.0117. The average molecular weight is 396 g/mol. The van der Waals surface area contributed by atoms with E-state index in [4.69, 9.17) is 10.5 Å². The van der Waals surface area contributed by atoms with Gasteiger partial charge in [-0.3, -0.25) is 4.79 Å². The zero-order valence-corrected chi connectivity index (χ0v) is 16.9. The SMILES string of the molecule is COc1ccc(CCNC(N)=NCC(=O)N2CCN(c3ccccc3)CC2)cc1. The fourth-order valence-corrected chi connectivity index (χ4v) is 3.29. The molecule has 2 aromatic rings. The zero-order valence-electron chi connectivity index (χ0n) is 16.9. The van der Waals surface area contributed by atoms with Gasteiger partial charge in [-0.2, -0.15) is 0 Å². The minimum absolute atomic E-state index is 0.0117. The number of nitrogens with two attached hydrogens (primary N) is 1. The van der Waals surface area contributed by atoms with E-state index in [1.54, 1.807) is 7.11 Å². The van der Waals surface area contributed by atoms with Gasteiger partial charge in [-0.25, -0.2) is 4.99 Å². The monoisotopic (exact) mass is 395 g/mol. The van der Waals surface area contributed by atoms with Crippen molar-refractivity contribution in [2.75, 3.05) is 51.3 Å². The standard InChI is InChI=1S/C22H29N5O2/c1-29-20-9-7-18(8-10-20)11-12-24-22(23)25-17-21(28)27-15-13-26(14-16-27)19-5-3-2-4-6-19/h2-10H,11-17H2,1H3,(H3,23,24,25). The number of methoxy groups -OCH3 is 1. The molecule has 29 heavy (non-hydrogen) atoms. The van der Waals surface area contributed by atoms with Gasteiger partial charge in [0.15, 0.2) is 5.96 Å². The highest BCUT2D eigenvalue weighted by Crippen LogP contribution is 2.15. The molecule has 0 bridgehead atoms. The first-order chi connectivity index (χ1) is 14.2. The van der Waals surface area contributed by atoms with Crippen molar-refractivity contribution in [2.24, 2.45) is 10.7 Å². The van der Waals surface area contributed by atoms with Gasteiger partial charge in [-0.05, 0) is 36.2 Å². The van der Waals surface area contributed by atoms with Gasteiger partial charge in [0.05, 0.1) is 7.11 Å². The van der Waals surface area contributed by atoms with Crippen LogP contribution < -0.4 is 20.7 Å². The number of hydrogen-bond donors (Lipinski definition) is 2. The van der Waals surface area contributed by atoms with Crippen molar-refractivity contribution < 1.29 is 9.53 Å². The smallest absolute Gasteiger partial charge is 0.244 e. The molecular weight excluding hydrogens is 366 g/mol. The minimum Gasteiger partial charge on any atom is -0.497 e. The molecule has 1 heterocycles. The number of ether oxygens (including phenoxy) is 1. The van der Waals surface area contributed by atoms with Crippen LogP contribution in [0.2, 0.25) is 0 Å². The van der Waals surface area contributed by atoms with Crippen molar-refractivity contribution in [3.8, 4) is 5.75 Å². The number of rotatable bonds is 7. The first-order valence-corrected chi connectivity index (χ1v) is 9.90. The molecule has 7 heteroatoms. The first kappa shape index (κ1) is 20.5. The van der Waals surface area contributed by atoms with Crippen molar-refractivity contribution in [1.82, 2.24) is 10.2 Å². The van der Waals surface area contributed by atoms with Gasteiger partial charge in [0, 0.05) is 38.4 Å². The number of anilines is 1. The van der Waals surface area contributed by atoms with Gasteiger partial charge < -0.3 is 25.6 Å². The highest BCUT2D eigenvalue weighted by atomic mass is 16.5. The molecule has 0 spiro atoms. The summed E-state index contributed by atoms with van der Waals surface area (Å²) in [6.45, 7) is 3.80. The van der Waals surface area contributed by atoms with Gasteiger partial charge in [-0.1, -0.05) is 30.3 Å². The predicted octanol–water partition coefficient (Wildman–Crippen LogP) is 1.49. The second-order valence-electron chi connectivity index (χ2n) is 6.93. The van der Waals surface area contributed by atoms with E-state index in [1.165, 1.54) is 11.3 Å². The van der Waals surface area contributed by atoms with Crippen molar-refractivity contribution >= 4 is 17.6 Å². The summed E-state index contributed by atoms with van der Waals surface area (Å²) in [5, 5.41) is 3.06. The van der Waals surface area contributed by atoms with E-state index in [-0.39, 0.29) is 12.5 Å². The normalized spacial score (nSPS) is 14.6. The van der Waals surface area contributed by atoms with E-state index in [0.29, 0.717) is 25.6 Å². The van der Waals surface area contributed by atoms with Crippen molar-refractivity contribution in [3.05, 3.63) is 60.2 Å². The summed E-state index contributed by atoms with van der Waals surface area (Å²) >= 11 is 0. The lowest BCUT2D eigenvalue weighted by atomic mass is 10.1. The Hall–Kier alpha value is -3.22. The topological polar surface area (TPSA) is 83.2 Å². The second kappa shape index (κ2) is 10.4. The van der Waals surface area contributed by atoms with Crippen LogP contribution in [0.4, 0.5) is 5.69 Å². The molecule has 1 aliphatic heterocycles. The van der Waals surface area contributed by atoms with E-state index in [1.807, 2.05) is 47.4 Å². The molecule has 0 atom stereocenters. The third-order valence-corrected chi connectivity index (χ3v) is 5.02. The number of nitrogens with one attached hydrogen (secondary N) is 1. The Morgan fingerprint density at radius 2 is 1.76 bits per heavy atom. The highest BCUT2D eigenvalue weighted by Gasteiger charge is 2.20. The van der Waals surface area contributed by atoms with Crippen LogP contribution in [0.25, 0.3) is 0 Å². The van der Waals surface area contributed by atoms with Crippen LogP contribution >= 0.6 is 0 Å². The van der Waals surface area contributed by atoms with Gasteiger partial charge in [0.1, 0.15) is 12.3 Å². The summed E-state index contributed by atoms with van der Waals surface area (Å²) in [5.41, 5.74) is 8.28. The molecule has 3 N–H and O–H groups in total. The second-order valence-corrected chi connectivity index (χ2v) is 6.93. The molecule has 1 fully saturated rings. The Balaban J connectivity index is 1.37. The molecule has 0 radical (unpaired) electrons. The molecule has 0 unspecified atom stereocenters. The number of amides is 1. The Morgan fingerprint density at radius 1 is 1.07 bits per heavy atom. The van der Waals surface area contributed by atoms with Gasteiger partial charge >= 0.3 is 0 Å². The summed E-state index contributed by atoms with van der Waals surface area (Å²) in [4.78, 5) is 20.7. The third kappa shape index (κ3) is 6.14. The largest absolute Gasteiger partial charge is 0.497 e. The number of aliphatic imine (C=N–C) groups is 1. The van der Waals surface area contributed by atoms with E-state index < -0.39 is 0 Å². The van der Waals surface area contributed by atoms with E-state index >= 15 is 0 Å². The number of nitrogens with zero attached hydrogens (tertiary/aromatic N) is 3. The quantitative estimate of drug-likeness (QED) is 0.548. The predicted molar refractivity (Wildman–Crippen MR) is 116 cm³/mol. The maximum absolute atomic E-state index is 12.4. The lowest BCUT2D eigenvalue weighted by molar-refractivity contribution is -0.129. The van der Waals surface area contributed by atoms with Crippen molar-refractivity contribution in [2.45, 2.75) is 6.42 Å². The molecule has 0 aromatic heterocycles. The summed E-state index contributed by atoms with van der Waals surface area (Å²) < 4.78 is 5.15. The molecule has 2 aromatic carbocycles. The number of benzene rings is 2. The molecule has 1 amide bonds. The summed E-state index contributed by atoms with van der Waals surface area (Å²) in [5.74, 6) is 1.15. The average Bonchev–Trinajstić information content (AvgIpc) is 2.78. The van der Waals surface area contributed by atoms with Gasteiger partial charge in [0.2, 0.25) is 5.91 Å². The zero-order chi connectivity index (χ0) is 20.5. The maximum Gasteiger partial charge on any atom is 0.244 e. The Labute approximate surface area is 172 Å². The molecule has 1 aliphatic rings. The summed E-state index contributed by atoms with van der Waals surface area (Å²) in [6, 6.07) is 18.2. The molecule has 1 saturated heterocycles. The fraction of sp³-hybridized carbons (Fsp3) is 0.364. The number of hydrogen-bond acceptors (Lipinski definition) is 4. The highest BCUT2D eigenvalue weighted by molar-refractivity contribution is 5.84. The third-order valence-electron chi connectivity index (χ3n) is 5.02. The molecule has 154 valence electrons. The van der Waals surface area contributed by atoms with E-state index in [2.05, 4.69) is 27.3 Å². The lowest BCUT2D eigenvalue weighted by Gasteiger charge is -2.35. The number of carbonyl (C=O) groups is 1. The Morgan fingerprint density at radius 3 is 2.41 bits per heavy atom. The van der Waals surface area contributed by atoms with E-state index in [9.17, 15) is 4.79 Å². The molecule has 0 saturated carbocycles. The van der Waals surface area contributed by atoms with Crippen LogP contribution in [0.1, 0.15) is 5.56 Å². The molecular formula is C22H29N5O2. The lowest BCUT2D eigenvalue weighted by Crippen LogP contribution is -2.49. The van der Waals surface area contributed by atoms with Gasteiger partial charge in [0.25, 0.3) is 0 Å². The van der Waals surface area contributed by atoms with Crippen LogP contribution in [0.3, 0.4) is 0 Å². The number of carbonyl (C=O) groups excluding carboxylic acids is 1. The Bertz CT molecular complexity index is 800. The van der Waals surface area contributed by atoms with Gasteiger partial charge in [-0.15, -0.1) is 0 Å². The summed E-state index contributed by atoms with van der Waals surface area (Å²) in [7, 11) is 1.65. The van der Waals surface area contributed by atoms with Crippen LogP contribution in [0, 0.1) is 0 Å². The first-order valence-electron chi connectivity index (χ1n) is 9.90. The molecule has 7 nitrogen and oxygen atoms in total. The van der Waals surface area contributed by atoms with Crippen molar-refractivity contribution in [3.63, 3.8) is 0 Å². The number of para-hydroxylation sites is 1.